The SMILES string of the molecule is COc1ccc(Cc2cccc([C@@H]3O[C@@H](OC)[C@@H](O)[C@H](O)[C@H]3O)c2)cc1. The first-order chi connectivity index (χ1) is 12.5. The Bertz CT molecular complexity index is 714. The van der Waals surface area contributed by atoms with Crippen molar-refractivity contribution < 1.29 is 29.5 Å². The first-order valence-corrected chi connectivity index (χ1v) is 8.47. The van der Waals surface area contributed by atoms with Crippen LogP contribution in [0.1, 0.15) is 22.8 Å². The Kier molecular flexibility index (Phi) is 5.90. The van der Waals surface area contributed by atoms with Crippen LogP contribution in [0.4, 0.5) is 0 Å². The van der Waals surface area contributed by atoms with Crippen molar-refractivity contribution in [1.29, 1.82) is 0 Å². The molecule has 1 aliphatic heterocycles. The van der Waals surface area contributed by atoms with E-state index in [1.807, 2.05) is 48.5 Å². The number of ether oxygens (including phenoxy) is 3. The molecule has 0 bridgehead atoms. The summed E-state index contributed by atoms with van der Waals surface area (Å²) in [6.45, 7) is 0. The predicted octanol–water partition coefficient (Wildman–Crippen LogP) is 1.41. The van der Waals surface area contributed by atoms with Gasteiger partial charge >= 0.3 is 0 Å². The van der Waals surface area contributed by atoms with Gasteiger partial charge in [-0.3, -0.25) is 0 Å². The summed E-state index contributed by atoms with van der Waals surface area (Å²) in [5, 5.41) is 30.3. The number of benzene rings is 2. The van der Waals surface area contributed by atoms with E-state index in [9.17, 15) is 15.3 Å². The summed E-state index contributed by atoms with van der Waals surface area (Å²) in [6.07, 6.45) is -4.96. The molecule has 3 rings (SSSR count). The van der Waals surface area contributed by atoms with Crippen molar-refractivity contribution in [2.24, 2.45) is 0 Å². The van der Waals surface area contributed by atoms with Gasteiger partial charge in [-0.2, -0.15) is 0 Å². The second-order valence-electron chi connectivity index (χ2n) is 6.40. The molecule has 0 aliphatic carbocycles. The topological polar surface area (TPSA) is 88.4 Å². The number of methoxy groups -OCH3 is 2. The van der Waals surface area contributed by atoms with E-state index in [-0.39, 0.29) is 0 Å². The molecule has 0 saturated carbocycles. The van der Waals surface area contributed by atoms with Gasteiger partial charge in [0, 0.05) is 7.11 Å². The zero-order valence-electron chi connectivity index (χ0n) is 14.8. The number of hydrogen-bond donors (Lipinski definition) is 3. The largest absolute Gasteiger partial charge is 0.497 e. The third-order valence-corrected chi connectivity index (χ3v) is 4.65. The average Bonchev–Trinajstić information content (AvgIpc) is 2.67. The van der Waals surface area contributed by atoms with Gasteiger partial charge in [0.2, 0.25) is 0 Å². The van der Waals surface area contributed by atoms with Crippen molar-refractivity contribution >= 4 is 0 Å². The molecule has 1 saturated heterocycles. The third kappa shape index (κ3) is 3.90. The van der Waals surface area contributed by atoms with Crippen LogP contribution in [0.15, 0.2) is 48.5 Å². The van der Waals surface area contributed by atoms with Gasteiger partial charge in [-0.15, -0.1) is 0 Å². The fourth-order valence-corrected chi connectivity index (χ4v) is 3.18. The molecule has 2 aromatic rings. The van der Waals surface area contributed by atoms with E-state index in [1.54, 1.807) is 7.11 Å². The number of aliphatic hydroxyl groups excluding tert-OH is 3. The normalized spacial score (nSPS) is 28.7. The van der Waals surface area contributed by atoms with Crippen molar-refractivity contribution in [3.8, 4) is 5.75 Å². The fourth-order valence-electron chi connectivity index (χ4n) is 3.18. The highest BCUT2D eigenvalue weighted by Gasteiger charge is 2.44. The zero-order valence-corrected chi connectivity index (χ0v) is 14.8. The maximum atomic E-state index is 10.3. The summed E-state index contributed by atoms with van der Waals surface area (Å²) in [5.41, 5.74) is 2.88. The van der Waals surface area contributed by atoms with E-state index in [1.165, 1.54) is 7.11 Å². The van der Waals surface area contributed by atoms with Crippen molar-refractivity contribution in [3.05, 3.63) is 65.2 Å². The van der Waals surface area contributed by atoms with E-state index >= 15 is 0 Å². The van der Waals surface area contributed by atoms with Gasteiger partial charge in [-0.25, -0.2) is 0 Å². The Labute approximate surface area is 152 Å². The molecule has 6 heteroatoms. The lowest BCUT2D eigenvalue weighted by atomic mass is 9.92. The van der Waals surface area contributed by atoms with Crippen molar-refractivity contribution in [1.82, 2.24) is 0 Å². The molecule has 6 nitrogen and oxygen atoms in total. The first-order valence-electron chi connectivity index (χ1n) is 8.47. The Morgan fingerprint density at radius 2 is 1.62 bits per heavy atom. The first kappa shape index (κ1) is 18.8. The van der Waals surface area contributed by atoms with Crippen LogP contribution in [0, 0.1) is 0 Å². The maximum absolute atomic E-state index is 10.3. The lowest BCUT2D eigenvalue weighted by Crippen LogP contribution is -2.54. The molecule has 1 heterocycles. The molecule has 0 unspecified atom stereocenters. The summed E-state index contributed by atoms with van der Waals surface area (Å²) in [5.74, 6) is 0.805. The van der Waals surface area contributed by atoms with Gasteiger partial charge in [0.1, 0.15) is 30.2 Å². The summed E-state index contributed by atoms with van der Waals surface area (Å²) in [6, 6.07) is 15.4. The fraction of sp³-hybridized carbons (Fsp3) is 0.400. The summed E-state index contributed by atoms with van der Waals surface area (Å²) < 4.78 is 15.9. The van der Waals surface area contributed by atoms with E-state index in [0.717, 1.165) is 22.4 Å². The van der Waals surface area contributed by atoms with Crippen molar-refractivity contribution in [2.45, 2.75) is 37.1 Å². The molecule has 1 fully saturated rings. The van der Waals surface area contributed by atoms with Gasteiger partial charge in [-0.05, 0) is 35.2 Å². The standard InChI is InChI=1S/C20H24O6/c1-24-15-8-6-12(7-9-15)10-13-4-3-5-14(11-13)19-17(22)16(21)18(23)20(25-2)26-19/h3-9,11,16-23H,10H2,1-2H3/t16-,17-,18+,19+,20-/m1/s1. The molecule has 140 valence electrons. The molecule has 0 spiro atoms. The highest BCUT2D eigenvalue weighted by Crippen LogP contribution is 2.33. The lowest BCUT2D eigenvalue weighted by molar-refractivity contribution is -0.292. The van der Waals surface area contributed by atoms with Gasteiger partial charge in [-0.1, -0.05) is 36.4 Å². The van der Waals surface area contributed by atoms with Crippen LogP contribution in [-0.4, -0.2) is 54.1 Å². The Morgan fingerprint density at radius 1 is 0.885 bits per heavy atom. The Balaban J connectivity index is 1.79. The van der Waals surface area contributed by atoms with Crippen LogP contribution >= 0.6 is 0 Å². The molecule has 0 radical (unpaired) electrons. The van der Waals surface area contributed by atoms with E-state index < -0.39 is 30.7 Å². The average molecular weight is 360 g/mol. The lowest BCUT2D eigenvalue weighted by Gasteiger charge is -2.40. The van der Waals surface area contributed by atoms with Crippen molar-refractivity contribution in [2.75, 3.05) is 14.2 Å². The number of aliphatic hydroxyl groups is 3. The Hall–Kier alpha value is -1.96. The monoisotopic (exact) mass is 360 g/mol. The van der Waals surface area contributed by atoms with Crippen LogP contribution in [0.25, 0.3) is 0 Å². The van der Waals surface area contributed by atoms with Crippen molar-refractivity contribution in [3.63, 3.8) is 0 Å². The molecule has 5 atom stereocenters. The summed E-state index contributed by atoms with van der Waals surface area (Å²) >= 11 is 0. The van der Waals surface area contributed by atoms with Gasteiger partial charge in [0.05, 0.1) is 7.11 Å². The van der Waals surface area contributed by atoms with Crippen LogP contribution in [-0.2, 0) is 15.9 Å². The molecular weight excluding hydrogens is 336 g/mol. The quantitative estimate of drug-likeness (QED) is 0.747. The van der Waals surface area contributed by atoms with E-state index in [2.05, 4.69) is 0 Å². The minimum atomic E-state index is -1.34. The molecule has 1 aliphatic rings. The number of hydrogen-bond acceptors (Lipinski definition) is 6. The number of rotatable bonds is 5. The summed E-state index contributed by atoms with van der Waals surface area (Å²) in [7, 11) is 3.02. The second kappa shape index (κ2) is 8.16. The second-order valence-corrected chi connectivity index (χ2v) is 6.40. The predicted molar refractivity (Wildman–Crippen MR) is 94.9 cm³/mol. The molecule has 26 heavy (non-hydrogen) atoms. The van der Waals surface area contributed by atoms with Crippen LogP contribution in [0.5, 0.6) is 5.75 Å². The highest BCUT2D eigenvalue weighted by atomic mass is 16.7. The molecule has 0 aromatic heterocycles. The minimum absolute atomic E-state index is 0.708. The van der Waals surface area contributed by atoms with Crippen LogP contribution in [0.3, 0.4) is 0 Å². The Morgan fingerprint density at radius 3 is 2.27 bits per heavy atom. The zero-order chi connectivity index (χ0) is 18.7. The third-order valence-electron chi connectivity index (χ3n) is 4.65. The maximum Gasteiger partial charge on any atom is 0.186 e. The van der Waals surface area contributed by atoms with Crippen LogP contribution in [0.2, 0.25) is 0 Å². The van der Waals surface area contributed by atoms with Crippen LogP contribution < -0.4 is 4.74 Å². The van der Waals surface area contributed by atoms with Gasteiger partial charge in [0.15, 0.2) is 6.29 Å². The van der Waals surface area contributed by atoms with Gasteiger partial charge < -0.3 is 29.5 Å². The van der Waals surface area contributed by atoms with Gasteiger partial charge in [0.25, 0.3) is 0 Å². The smallest absolute Gasteiger partial charge is 0.186 e. The molecular formula is C20H24O6. The molecule has 3 N–H and O–H groups in total. The van der Waals surface area contributed by atoms with E-state index in [4.69, 9.17) is 14.2 Å². The van der Waals surface area contributed by atoms with E-state index in [0.29, 0.717) is 6.42 Å². The molecule has 2 aromatic carbocycles. The molecule has 0 amide bonds. The minimum Gasteiger partial charge on any atom is -0.497 e. The summed E-state index contributed by atoms with van der Waals surface area (Å²) in [4.78, 5) is 0. The highest BCUT2D eigenvalue weighted by molar-refractivity contribution is 5.34.